The van der Waals surface area contributed by atoms with E-state index in [1.54, 1.807) is 23.1 Å². The summed E-state index contributed by atoms with van der Waals surface area (Å²) in [5.74, 6) is -1.80. The highest BCUT2D eigenvalue weighted by atomic mass is 16.5. The van der Waals surface area contributed by atoms with Crippen LogP contribution in [0.1, 0.15) is 44.7 Å². The van der Waals surface area contributed by atoms with Gasteiger partial charge in [-0.25, -0.2) is 0 Å². The number of nitrogens with zero attached hydrogens (tertiary/aromatic N) is 2. The van der Waals surface area contributed by atoms with E-state index in [0.29, 0.717) is 37.1 Å². The lowest BCUT2D eigenvalue weighted by Gasteiger charge is -2.45. The summed E-state index contributed by atoms with van der Waals surface area (Å²) in [6.45, 7) is 4.36. The van der Waals surface area contributed by atoms with Gasteiger partial charge in [-0.05, 0) is 37.6 Å². The number of amides is 2. The van der Waals surface area contributed by atoms with E-state index >= 15 is 0 Å². The van der Waals surface area contributed by atoms with Crippen molar-refractivity contribution < 1.29 is 24.2 Å². The molecule has 0 aromatic heterocycles. The molecule has 2 fully saturated rings. The van der Waals surface area contributed by atoms with Gasteiger partial charge in [-0.1, -0.05) is 35.9 Å². The van der Waals surface area contributed by atoms with Gasteiger partial charge in [-0.2, -0.15) is 0 Å². The van der Waals surface area contributed by atoms with Crippen LogP contribution in [0.4, 0.5) is 0 Å². The summed E-state index contributed by atoms with van der Waals surface area (Å²) in [5, 5.41) is 11.8. The smallest absolute Gasteiger partial charge is 0.257 e. The van der Waals surface area contributed by atoms with Crippen LogP contribution in [0, 0.1) is 13.8 Å². The Morgan fingerprint density at radius 3 is 2.35 bits per heavy atom. The molecule has 0 N–H and O–H groups in total. The topological polar surface area (TPSA) is 90.0 Å². The van der Waals surface area contributed by atoms with Crippen molar-refractivity contribution in [2.24, 2.45) is 0 Å². The first kappa shape index (κ1) is 21.1. The average molecular weight is 421 g/mol. The Morgan fingerprint density at radius 1 is 1.00 bits per heavy atom. The van der Waals surface area contributed by atoms with Crippen LogP contribution < -0.4 is 5.11 Å². The van der Waals surface area contributed by atoms with E-state index in [1.807, 2.05) is 44.2 Å². The van der Waals surface area contributed by atoms with Crippen molar-refractivity contribution in [2.75, 3.05) is 19.7 Å². The van der Waals surface area contributed by atoms with Crippen molar-refractivity contribution >= 4 is 17.8 Å². The lowest BCUT2D eigenvalue weighted by Crippen LogP contribution is -2.60. The molecule has 2 amide bonds. The fraction of sp³-hybridized carbons (Fsp3) is 0.375. The number of carbonyl (C=O) groups excluding carboxylic acids is 3. The van der Waals surface area contributed by atoms with Crippen LogP contribution >= 0.6 is 0 Å². The van der Waals surface area contributed by atoms with Crippen molar-refractivity contribution in [1.29, 1.82) is 0 Å². The number of hydrogen-bond donors (Lipinski definition) is 0. The Hall–Kier alpha value is -3.19. The second kappa shape index (κ2) is 8.15. The highest BCUT2D eigenvalue weighted by Gasteiger charge is 2.52. The van der Waals surface area contributed by atoms with Gasteiger partial charge >= 0.3 is 0 Å². The molecular weight excluding hydrogens is 396 g/mol. The van der Waals surface area contributed by atoms with Crippen molar-refractivity contribution in [3.05, 3.63) is 70.8 Å². The third kappa shape index (κ3) is 3.81. The number of hydrogen-bond acceptors (Lipinski definition) is 5. The lowest BCUT2D eigenvalue weighted by molar-refractivity contribution is -0.310. The van der Waals surface area contributed by atoms with E-state index in [0.717, 1.165) is 11.1 Å². The van der Waals surface area contributed by atoms with Crippen LogP contribution in [0.3, 0.4) is 0 Å². The van der Waals surface area contributed by atoms with Gasteiger partial charge in [0, 0.05) is 37.1 Å². The standard InChI is InChI=1S/C24H26N2O5/c1-16-6-5-8-18(14-16)21(27)25-12-10-24(11-13-25)26(20(15-31-24)23(29)30)22(28)19-9-4-3-7-17(19)2/h3-9,14,20H,10-13,15H2,1-2H3,(H,29,30)/p-1/t20-/m0/s1. The lowest BCUT2D eigenvalue weighted by atomic mass is 9.95. The van der Waals surface area contributed by atoms with Gasteiger partial charge in [-0.3, -0.25) is 14.5 Å². The molecule has 162 valence electrons. The maximum atomic E-state index is 13.4. The van der Waals surface area contributed by atoms with E-state index in [9.17, 15) is 19.5 Å². The van der Waals surface area contributed by atoms with E-state index in [1.165, 1.54) is 4.90 Å². The number of aryl methyl sites for hydroxylation is 2. The van der Waals surface area contributed by atoms with Gasteiger partial charge in [0.2, 0.25) is 0 Å². The summed E-state index contributed by atoms with van der Waals surface area (Å²) < 4.78 is 5.95. The molecule has 4 rings (SSSR count). The van der Waals surface area contributed by atoms with Crippen LogP contribution in [0.15, 0.2) is 48.5 Å². The van der Waals surface area contributed by atoms with E-state index < -0.39 is 17.7 Å². The molecule has 1 spiro atoms. The van der Waals surface area contributed by atoms with E-state index in [-0.39, 0.29) is 18.4 Å². The zero-order valence-electron chi connectivity index (χ0n) is 17.7. The quantitative estimate of drug-likeness (QED) is 0.750. The molecule has 0 radical (unpaired) electrons. The van der Waals surface area contributed by atoms with Crippen molar-refractivity contribution in [2.45, 2.75) is 38.5 Å². The fourth-order valence-corrected chi connectivity index (χ4v) is 4.51. The van der Waals surface area contributed by atoms with E-state index in [4.69, 9.17) is 4.74 Å². The second-order valence-electron chi connectivity index (χ2n) is 8.24. The second-order valence-corrected chi connectivity index (χ2v) is 8.24. The Bertz CT molecular complexity index is 1030. The van der Waals surface area contributed by atoms with Gasteiger partial charge in [0.15, 0.2) is 0 Å². The molecule has 2 heterocycles. The molecule has 0 aliphatic carbocycles. The first-order chi connectivity index (χ1) is 14.8. The number of carboxylic acid groups (broad SMARTS) is 1. The number of aliphatic carboxylic acids is 1. The Labute approximate surface area is 181 Å². The predicted molar refractivity (Wildman–Crippen MR) is 111 cm³/mol. The molecule has 1 atom stereocenters. The zero-order chi connectivity index (χ0) is 22.2. The van der Waals surface area contributed by atoms with Gasteiger partial charge < -0.3 is 19.5 Å². The maximum Gasteiger partial charge on any atom is 0.257 e. The average Bonchev–Trinajstić information content (AvgIpc) is 3.12. The number of carboxylic acids is 1. The Morgan fingerprint density at radius 2 is 1.71 bits per heavy atom. The fourth-order valence-electron chi connectivity index (χ4n) is 4.51. The molecule has 2 aliphatic heterocycles. The molecule has 0 bridgehead atoms. The summed E-state index contributed by atoms with van der Waals surface area (Å²) in [6.07, 6.45) is 0.678. The summed E-state index contributed by atoms with van der Waals surface area (Å²) in [5.41, 5.74) is 1.76. The Balaban J connectivity index is 1.58. The molecule has 7 nitrogen and oxygen atoms in total. The van der Waals surface area contributed by atoms with Crippen molar-refractivity contribution in [3.8, 4) is 0 Å². The van der Waals surface area contributed by atoms with Crippen molar-refractivity contribution in [3.63, 3.8) is 0 Å². The highest BCUT2D eigenvalue weighted by Crippen LogP contribution is 2.38. The number of carbonyl (C=O) groups is 3. The summed E-state index contributed by atoms with van der Waals surface area (Å²) in [7, 11) is 0. The molecular formula is C24H25N2O5-. The summed E-state index contributed by atoms with van der Waals surface area (Å²) in [4.78, 5) is 41.2. The van der Waals surface area contributed by atoms with Crippen LogP contribution in [0.5, 0.6) is 0 Å². The van der Waals surface area contributed by atoms with E-state index in [2.05, 4.69) is 0 Å². The molecule has 2 aromatic rings. The molecule has 31 heavy (non-hydrogen) atoms. The minimum absolute atomic E-state index is 0.0789. The van der Waals surface area contributed by atoms with Crippen LogP contribution in [0.2, 0.25) is 0 Å². The first-order valence-electron chi connectivity index (χ1n) is 10.4. The molecule has 7 heteroatoms. The summed E-state index contributed by atoms with van der Waals surface area (Å²) >= 11 is 0. The van der Waals surface area contributed by atoms with Crippen molar-refractivity contribution in [1.82, 2.24) is 9.80 Å². The molecule has 0 saturated carbocycles. The first-order valence-corrected chi connectivity index (χ1v) is 10.4. The number of likely N-dealkylation sites (tertiary alicyclic amines) is 1. The third-order valence-electron chi connectivity index (χ3n) is 6.22. The Kier molecular flexibility index (Phi) is 5.54. The van der Waals surface area contributed by atoms with Gasteiger partial charge in [0.05, 0.1) is 18.6 Å². The maximum absolute atomic E-state index is 13.4. The number of piperidine rings is 1. The monoisotopic (exact) mass is 421 g/mol. The zero-order valence-corrected chi connectivity index (χ0v) is 17.7. The van der Waals surface area contributed by atoms with Gasteiger partial charge in [0.25, 0.3) is 11.8 Å². The largest absolute Gasteiger partial charge is 0.548 e. The highest BCUT2D eigenvalue weighted by molar-refractivity contribution is 5.98. The van der Waals surface area contributed by atoms with Crippen LogP contribution in [-0.4, -0.2) is 59.0 Å². The summed E-state index contributed by atoms with van der Waals surface area (Å²) in [6, 6.07) is 13.3. The van der Waals surface area contributed by atoms with Gasteiger partial charge in [0.1, 0.15) is 5.72 Å². The van der Waals surface area contributed by atoms with Crippen LogP contribution in [-0.2, 0) is 9.53 Å². The minimum Gasteiger partial charge on any atom is -0.548 e. The molecule has 2 aliphatic rings. The number of benzene rings is 2. The predicted octanol–water partition coefficient (Wildman–Crippen LogP) is 1.53. The molecule has 2 aromatic carbocycles. The number of ether oxygens (including phenoxy) is 1. The molecule has 0 unspecified atom stereocenters. The minimum atomic E-state index is -1.34. The normalized spacial score (nSPS) is 20.1. The van der Waals surface area contributed by atoms with Crippen LogP contribution in [0.25, 0.3) is 0 Å². The number of rotatable bonds is 3. The molecule has 2 saturated heterocycles. The SMILES string of the molecule is Cc1cccc(C(=O)N2CCC3(CC2)OC[C@@H](C(=O)[O-])N3C(=O)c2ccccc2C)c1. The third-order valence-corrected chi connectivity index (χ3v) is 6.22. The van der Waals surface area contributed by atoms with Gasteiger partial charge in [-0.15, -0.1) is 0 Å².